The van der Waals surface area contributed by atoms with Crippen molar-refractivity contribution in [2.24, 2.45) is 0 Å². The monoisotopic (exact) mass is 459 g/mol. The molecule has 0 atom stereocenters. The highest BCUT2D eigenvalue weighted by Crippen LogP contribution is 2.33. The lowest BCUT2D eigenvalue weighted by atomic mass is 10.0. The molecule has 4 aromatic rings. The third-order valence-corrected chi connectivity index (χ3v) is 6.86. The molecule has 2 aromatic heterocycles. The summed E-state index contributed by atoms with van der Waals surface area (Å²) in [6.07, 6.45) is 1.81. The molecule has 4 nitrogen and oxygen atoms in total. The number of benzene rings is 2. The van der Waals surface area contributed by atoms with Crippen LogP contribution in [0.4, 0.5) is 17.6 Å². The zero-order chi connectivity index (χ0) is 22.4. The van der Waals surface area contributed by atoms with Gasteiger partial charge in [0.1, 0.15) is 28.1 Å². The van der Waals surface area contributed by atoms with Crippen LogP contribution in [0.2, 0.25) is 0 Å². The molecule has 0 amide bonds. The van der Waals surface area contributed by atoms with Crippen molar-refractivity contribution < 1.29 is 17.6 Å². The molecule has 2 aromatic carbocycles. The van der Waals surface area contributed by atoms with Crippen molar-refractivity contribution in [3.63, 3.8) is 0 Å². The summed E-state index contributed by atoms with van der Waals surface area (Å²) in [5, 5.41) is 0.445. The van der Waals surface area contributed by atoms with Crippen molar-refractivity contribution in [2.45, 2.75) is 26.1 Å². The molecule has 9 heteroatoms. The predicted molar refractivity (Wildman–Crippen MR) is 114 cm³/mol. The number of hydrogen-bond acceptors (Lipinski definition) is 4. The summed E-state index contributed by atoms with van der Waals surface area (Å²) < 4.78 is 57.3. The largest absolute Gasteiger partial charge is 0.294 e. The summed E-state index contributed by atoms with van der Waals surface area (Å²) >= 11 is 1.36. The average molecular weight is 459 g/mol. The van der Waals surface area contributed by atoms with Crippen LogP contribution in [0.15, 0.2) is 47.5 Å². The minimum atomic E-state index is -0.722. The topological polar surface area (TPSA) is 38.1 Å². The first-order valence-corrected chi connectivity index (χ1v) is 10.8. The number of aromatic nitrogens is 2. The van der Waals surface area contributed by atoms with E-state index in [1.165, 1.54) is 46.5 Å². The van der Waals surface area contributed by atoms with Gasteiger partial charge in [0.05, 0.1) is 18.3 Å². The fourth-order valence-corrected chi connectivity index (χ4v) is 5.30. The van der Waals surface area contributed by atoms with Gasteiger partial charge in [-0.2, -0.15) is 0 Å². The standard InChI is InChI=1S/C23H17F4N3OS/c24-16-3-1-4-17(25)14(16)9-29-8-7-13-20(11-29)32-22-21(13)23(31)30(12-28-22)10-15-18(26)5-2-6-19(15)27/h1-6,12H,7-11H2. The lowest BCUT2D eigenvalue weighted by Crippen LogP contribution is -2.30. The van der Waals surface area contributed by atoms with Gasteiger partial charge in [-0.05, 0) is 36.2 Å². The average Bonchev–Trinajstić information content (AvgIpc) is 3.13. The molecule has 0 fully saturated rings. The maximum absolute atomic E-state index is 14.0. The summed E-state index contributed by atoms with van der Waals surface area (Å²) in [5.74, 6) is -2.62. The Morgan fingerprint density at radius 2 is 1.50 bits per heavy atom. The Morgan fingerprint density at radius 1 is 0.906 bits per heavy atom. The van der Waals surface area contributed by atoms with Gasteiger partial charge in [-0.15, -0.1) is 11.3 Å². The highest BCUT2D eigenvalue weighted by atomic mass is 32.1. The summed E-state index contributed by atoms with van der Waals surface area (Å²) in [5.41, 5.74) is 0.308. The molecular weight excluding hydrogens is 442 g/mol. The van der Waals surface area contributed by atoms with Gasteiger partial charge in [-0.25, -0.2) is 22.5 Å². The van der Waals surface area contributed by atoms with E-state index in [0.717, 1.165) is 22.6 Å². The SMILES string of the molecule is O=c1c2c3c(sc2ncn1Cc1c(F)cccc1F)CN(Cc1c(F)cccc1F)CC3. The van der Waals surface area contributed by atoms with E-state index in [1.54, 1.807) is 0 Å². The Morgan fingerprint density at radius 3 is 2.12 bits per heavy atom. The van der Waals surface area contributed by atoms with Gasteiger partial charge in [0.25, 0.3) is 5.56 Å². The molecule has 1 aliphatic heterocycles. The van der Waals surface area contributed by atoms with Crippen molar-refractivity contribution in [3.05, 3.63) is 97.9 Å². The molecule has 1 aliphatic rings. The fourth-order valence-electron chi connectivity index (χ4n) is 4.08. The zero-order valence-corrected chi connectivity index (χ0v) is 17.6. The Balaban J connectivity index is 1.46. The van der Waals surface area contributed by atoms with E-state index < -0.39 is 23.3 Å². The maximum Gasteiger partial charge on any atom is 0.262 e. The third-order valence-electron chi connectivity index (χ3n) is 5.74. The lowest BCUT2D eigenvalue weighted by Gasteiger charge is -2.27. The second-order valence-corrected chi connectivity index (χ2v) is 8.81. The van der Waals surface area contributed by atoms with Crippen LogP contribution in [-0.4, -0.2) is 21.0 Å². The summed E-state index contributed by atoms with van der Waals surface area (Å²) in [6.45, 7) is 0.814. The van der Waals surface area contributed by atoms with Gasteiger partial charge in [0, 0.05) is 35.6 Å². The second-order valence-electron chi connectivity index (χ2n) is 7.72. The molecule has 0 saturated heterocycles. The van der Waals surface area contributed by atoms with Crippen molar-refractivity contribution in [3.8, 4) is 0 Å². The number of rotatable bonds is 4. The van der Waals surface area contributed by atoms with E-state index >= 15 is 0 Å². The Bertz CT molecular complexity index is 1360. The van der Waals surface area contributed by atoms with Crippen LogP contribution >= 0.6 is 11.3 Å². The highest BCUT2D eigenvalue weighted by Gasteiger charge is 2.25. The van der Waals surface area contributed by atoms with Crippen molar-refractivity contribution in [1.29, 1.82) is 0 Å². The van der Waals surface area contributed by atoms with Crippen LogP contribution in [-0.2, 0) is 26.1 Å². The Kier molecular flexibility index (Phi) is 5.30. The van der Waals surface area contributed by atoms with E-state index in [4.69, 9.17) is 0 Å². The number of fused-ring (bicyclic) bond motifs is 3. The van der Waals surface area contributed by atoms with Gasteiger partial charge in [0.15, 0.2) is 0 Å². The van der Waals surface area contributed by atoms with Gasteiger partial charge in [0.2, 0.25) is 0 Å². The maximum atomic E-state index is 14.0. The molecular formula is C23H17F4N3OS. The molecule has 0 saturated carbocycles. The summed E-state index contributed by atoms with van der Waals surface area (Å²) in [6, 6.07) is 7.37. The fraction of sp³-hybridized carbons (Fsp3) is 0.217. The molecule has 0 bridgehead atoms. The Labute approximate surface area is 184 Å². The molecule has 0 N–H and O–H groups in total. The smallest absolute Gasteiger partial charge is 0.262 e. The first kappa shape index (κ1) is 20.8. The van der Waals surface area contributed by atoms with Gasteiger partial charge in [-0.3, -0.25) is 14.3 Å². The van der Waals surface area contributed by atoms with Crippen LogP contribution in [0.1, 0.15) is 21.6 Å². The molecule has 164 valence electrons. The summed E-state index contributed by atoms with van der Waals surface area (Å²) in [4.78, 5) is 20.8. The molecule has 32 heavy (non-hydrogen) atoms. The normalized spacial score (nSPS) is 14.1. The first-order chi connectivity index (χ1) is 15.4. The lowest BCUT2D eigenvalue weighted by molar-refractivity contribution is 0.242. The molecule has 0 aliphatic carbocycles. The van der Waals surface area contributed by atoms with E-state index in [9.17, 15) is 22.4 Å². The first-order valence-electron chi connectivity index (χ1n) is 10.00. The summed E-state index contributed by atoms with van der Waals surface area (Å²) in [7, 11) is 0. The highest BCUT2D eigenvalue weighted by molar-refractivity contribution is 7.18. The number of hydrogen-bond donors (Lipinski definition) is 0. The van der Waals surface area contributed by atoms with E-state index in [1.807, 2.05) is 4.90 Å². The number of nitrogens with zero attached hydrogens (tertiary/aromatic N) is 3. The Hall–Kier alpha value is -3.04. The molecule has 0 unspecified atom stereocenters. The van der Waals surface area contributed by atoms with E-state index in [0.29, 0.717) is 29.7 Å². The number of halogens is 4. The van der Waals surface area contributed by atoms with Crippen LogP contribution in [0.3, 0.4) is 0 Å². The minimum absolute atomic E-state index is 0.0180. The number of thiophene rings is 1. The second kappa shape index (κ2) is 8.14. The van der Waals surface area contributed by atoms with Crippen molar-refractivity contribution >= 4 is 21.6 Å². The third kappa shape index (κ3) is 3.61. The van der Waals surface area contributed by atoms with Gasteiger partial charge >= 0.3 is 0 Å². The van der Waals surface area contributed by atoms with E-state index in [-0.39, 0.29) is 29.8 Å². The van der Waals surface area contributed by atoms with Crippen molar-refractivity contribution in [2.75, 3.05) is 6.54 Å². The van der Waals surface area contributed by atoms with Crippen molar-refractivity contribution in [1.82, 2.24) is 14.5 Å². The molecule has 5 rings (SSSR count). The van der Waals surface area contributed by atoms with E-state index in [2.05, 4.69) is 4.98 Å². The quantitative estimate of drug-likeness (QED) is 0.418. The molecule has 0 spiro atoms. The molecule has 0 radical (unpaired) electrons. The van der Waals surface area contributed by atoms with Gasteiger partial charge in [-0.1, -0.05) is 12.1 Å². The van der Waals surface area contributed by atoms with Crippen LogP contribution in [0.25, 0.3) is 10.2 Å². The van der Waals surface area contributed by atoms with Crippen LogP contribution in [0.5, 0.6) is 0 Å². The zero-order valence-electron chi connectivity index (χ0n) is 16.7. The van der Waals surface area contributed by atoms with Crippen LogP contribution < -0.4 is 5.56 Å². The predicted octanol–water partition coefficient (Wildman–Crippen LogP) is 4.62. The van der Waals surface area contributed by atoms with Gasteiger partial charge < -0.3 is 0 Å². The van der Waals surface area contributed by atoms with Crippen LogP contribution in [0, 0.1) is 23.3 Å². The molecule has 3 heterocycles. The minimum Gasteiger partial charge on any atom is -0.294 e.